The van der Waals surface area contributed by atoms with Gasteiger partial charge in [-0.3, -0.25) is 18.7 Å². The van der Waals surface area contributed by atoms with Gasteiger partial charge in [0.2, 0.25) is 0 Å². The predicted molar refractivity (Wildman–Crippen MR) is 77.5 cm³/mol. The van der Waals surface area contributed by atoms with Crippen molar-refractivity contribution in [3.05, 3.63) is 72.3 Å². The van der Waals surface area contributed by atoms with Gasteiger partial charge in [0.1, 0.15) is 5.82 Å². The quantitative estimate of drug-likeness (QED) is 0.365. The molecule has 3 rings (SSSR count). The number of pyridine rings is 2. The summed E-state index contributed by atoms with van der Waals surface area (Å²) in [7, 11) is 4.61. The molecule has 0 spiro atoms. The molecular weight excluding hydrogens is 508 g/mol. The number of rotatable bonds is 2. The van der Waals surface area contributed by atoms with Crippen molar-refractivity contribution in [3.63, 3.8) is 0 Å². The van der Waals surface area contributed by atoms with Crippen LogP contribution in [0.5, 0.6) is 0 Å². The van der Waals surface area contributed by atoms with Crippen LogP contribution in [-0.2, 0) is 18.8 Å². The second-order valence-corrected chi connectivity index (χ2v) is 4.25. The molecule has 0 aliphatic heterocycles. The third kappa shape index (κ3) is 3.79. The molecule has 2 aromatic heterocycles. The van der Waals surface area contributed by atoms with Gasteiger partial charge >= 0.3 is 28.2 Å². The molecule has 0 saturated heterocycles. The summed E-state index contributed by atoms with van der Waals surface area (Å²) in [5.41, 5.74) is -0.109. The molecule has 2 heterocycles. The van der Waals surface area contributed by atoms with Crippen LogP contribution in [0.2, 0.25) is 0 Å². The molecule has 120 valence electrons. The van der Waals surface area contributed by atoms with E-state index in [4.69, 9.17) is 0 Å². The molecule has 0 unspecified atom stereocenters. The van der Waals surface area contributed by atoms with Crippen molar-refractivity contribution in [3.8, 4) is 22.5 Å². The normalized spacial score (nSPS) is 10.0. The van der Waals surface area contributed by atoms with E-state index in [2.05, 4.69) is 25.5 Å². The van der Waals surface area contributed by atoms with Gasteiger partial charge in [-0.05, 0) is 12.1 Å². The van der Waals surface area contributed by atoms with E-state index in [1.807, 2.05) is 0 Å². The summed E-state index contributed by atoms with van der Waals surface area (Å²) in [6.45, 7) is 0. The summed E-state index contributed by atoms with van der Waals surface area (Å²) in [6.07, 6.45) is 2.87. The van der Waals surface area contributed by atoms with E-state index in [0.29, 0.717) is 0 Å². The van der Waals surface area contributed by atoms with Crippen LogP contribution < -0.4 is 0 Å². The fourth-order valence-corrected chi connectivity index (χ4v) is 1.92. The van der Waals surface area contributed by atoms with Crippen LogP contribution in [0.15, 0.2) is 48.8 Å². The summed E-state index contributed by atoms with van der Waals surface area (Å²) in [5.74, 6) is -4.19. The minimum atomic E-state index is -1.56. The first-order chi connectivity index (χ1) is 11.2. The summed E-state index contributed by atoms with van der Waals surface area (Å²) >= 11 is 1.61. The van der Waals surface area contributed by atoms with Crippen LogP contribution >= 0.6 is 9.42 Å². The van der Waals surface area contributed by atoms with Crippen LogP contribution in [0.25, 0.3) is 22.5 Å². The zero-order valence-corrected chi connectivity index (χ0v) is 14.4. The van der Waals surface area contributed by atoms with E-state index in [0.717, 1.165) is 0 Å². The average molecular weight is 516 g/mol. The van der Waals surface area contributed by atoms with Gasteiger partial charge < -0.3 is 0 Å². The monoisotopic (exact) mass is 515 g/mol. The van der Waals surface area contributed by atoms with Crippen molar-refractivity contribution in [2.45, 2.75) is 0 Å². The van der Waals surface area contributed by atoms with Crippen molar-refractivity contribution in [2.24, 2.45) is 0 Å². The van der Waals surface area contributed by atoms with Crippen LogP contribution in [-0.4, -0.2) is 9.97 Å². The van der Waals surface area contributed by atoms with Gasteiger partial charge in [0, 0.05) is 23.8 Å². The second-order valence-electron chi connectivity index (χ2n) is 4.25. The molecule has 0 N–H and O–H groups in total. The second kappa shape index (κ2) is 8.23. The van der Waals surface area contributed by atoms with Gasteiger partial charge in [0.05, 0.1) is 11.6 Å². The molecule has 0 amide bonds. The summed E-state index contributed by atoms with van der Waals surface area (Å²) in [4.78, 5) is 7.87. The molecule has 7 heteroatoms. The molecule has 0 fully saturated rings. The maximum absolute atomic E-state index is 13.9. The van der Waals surface area contributed by atoms with Crippen molar-refractivity contribution in [1.82, 2.24) is 9.97 Å². The number of halogens is 4. The van der Waals surface area contributed by atoms with Crippen LogP contribution in [0.4, 0.5) is 13.2 Å². The Balaban J connectivity index is 0.000000924. The first kappa shape index (κ1) is 17.6. The number of nitrogens with zero attached hydrogens (tertiary/aromatic N) is 2. The molecule has 23 heavy (non-hydrogen) atoms. The van der Waals surface area contributed by atoms with Crippen LogP contribution in [0.3, 0.4) is 0 Å². The molecule has 0 bridgehead atoms. The fourth-order valence-electron chi connectivity index (χ4n) is 1.92. The Hall–Kier alpha value is -1.71. The van der Waals surface area contributed by atoms with E-state index in [9.17, 15) is 13.2 Å². The minimum absolute atomic E-state index is 0.172. The Bertz CT molecular complexity index is 723. The number of hydrogen-bond acceptors (Lipinski definition) is 2. The average Bonchev–Trinajstić information content (AvgIpc) is 2.63. The Labute approximate surface area is 146 Å². The van der Waals surface area contributed by atoms with Crippen molar-refractivity contribution < 1.29 is 31.9 Å². The molecule has 0 atom stereocenters. The van der Waals surface area contributed by atoms with E-state index >= 15 is 0 Å². The zero-order valence-electron chi connectivity index (χ0n) is 11.3. The molecule has 2 nitrogen and oxygen atoms in total. The molecule has 0 aliphatic carbocycles. The van der Waals surface area contributed by atoms with Gasteiger partial charge in [-0.2, -0.15) is 0 Å². The fraction of sp³-hybridized carbons (Fsp3) is 0. The maximum atomic E-state index is 13.9. The third-order valence-electron chi connectivity index (χ3n) is 2.92. The first-order valence-corrected chi connectivity index (χ1v) is 9.04. The van der Waals surface area contributed by atoms with Gasteiger partial charge in [-0.1, -0.05) is 35.4 Å². The molecule has 3 aromatic rings. The number of hydrogen-bond donors (Lipinski definition) is 0. The number of aromatic nitrogens is 2. The van der Waals surface area contributed by atoms with Crippen LogP contribution in [0.1, 0.15) is 0 Å². The van der Waals surface area contributed by atoms with Gasteiger partial charge in [-0.15, -0.1) is 6.07 Å². The Kier molecular flexibility index (Phi) is 6.31. The van der Waals surface area contributed by atoms with Crippen molar-refractivity contribution in [1.29, 1.82) is 0 Å². The summed E-state index contributed by atoms with van der Waals surface area (Å²) < 4.78 is 41.7. The Morgan fingerprint density at radius 3 is 1.52 bits per heavy atom. The van der Waals surface area contributed by atoms with Gasteiger partial charge in [-0.25, -0.2) is 4.39 Å². The summed E-state index contributed by atoms with van der Waals surface area (Å²) in [5, 5.41) is 0. The Morgan fingerprint density at radius 1 is 0.739 bits per heavy atom. The van der Waals surface area contributed by atoms with Crippen LogP contribution in [0, 0.1) is 23.5 Å². The zero-order chi connectivity index (χ0) is 16.8. The van der Waals surface area contributed by atoms with E-state index in [1.54, 1.807) is 43.0 Å². The first-order valence-electron chi connectivity index (χ1n) is 6.23. The number of benzene rings is 1. The Morgan fingerprint density at radius 2 is 1.17 bits per heavy atom. The molecule has 1 aromatic carbocycles. The molecule has 0 aliphatic rings. The SMILES string of the molecule is Fc1c(-c2ccccn2)[c-]c(-c2ccccn2)c(F)c1F.[Cl][Pt+]. The van der Waals surface area contributed by atoms with Crippen molar-refractivity contribution >= 4 is 9.42 Å². The standard InChI is InChI=1S/C16H8F3N2.ClH.Pt/c17-14-10(12-5-1-3-7-20-12)9-11(15(18)16(14)19)13-6-2-4-8-21-13;;/h1-8H;1H;/q-1;;+2/p-1. The predicted octanol–water partition coefficient (Wildman–Crippen LogP) is 4.72. The van der Waals surface area contributed by atoms with Gasteiger partial charge in [0.15, 0.2) is 0 Å². The molecular formula is C16H8ClF3N2Pt. The molecule has 0 radical (unpaired) electrons. The van der Waals surface area contributed by atoms with E-state index < -0.39 is 17.5 Å². The van der Waals surface area contributed by atoms with E-state index in [-0.39, 0.29) is 22.5 Å². The third-order valence-corrected chi connectivity index (χ3v) is 2.92. The topological polar surface area (TPSA) is 25.8 Å². The summed E-state index contributed by atoms with van der Waals surface area (Å²) in [6, 6.07) is 12.1. The van der Waals surface area contributed by atoms with Crippen molar-refractivity contribution in [2.75, 3.05) is 0 Å². The van der Waals surface area contributed by atoms with E-state index in [1.165, 1.54) is 24.5 Å². The molecule has 0 saturated carbocycles. The van der Waals surface area contributed by atoms with Gasteiger partial charge in [0.25, 0.3) is 0 Å².